The molecule has 0 spiro atoms. The molecule has 1 heterocycles. The van der Waals surface area contributed by atoms with Crippen LogP contribution in [-0.2, 0) is 29.0 Å². The third-order valence-corrected chi connectivity index (χ3v) is 7.18. The van der Waals surface area contributed by atoms with Gasteiger partial charge >= 0.3 is 5.97 Å². The number of hydrogen-bond acceptors (Lipinski definition) is 2. The van der Waals surface area contributed by atoms with E-state index in [0.29, 0.717) is 12.8 Å². The van der Waals surface area contributed by atoms with Crippen molar-refractivity contribution in [3.05, 3.63) is 126 Å². The van der Waals surface area contributed by atoms with Crippen molar-refractivity contribution < 1.29 is 14.1 Å². The Morgan fingerprint density at radius 3 is 2.03 bits per heavy atom. The molecule has 0 aliphatic heterocycles. The Hall–Kier alpha value is -4.44. The van der Waals surface area contributed by atoms with Crippen molar-refractivity contribution in [1.29, 1.82) is 0 Å². The van der Waals surface area contributed by atoms with Gasteiger partial charge in [0, 0.05) is 0 Å². The van der Waals surface area contributed by atoms with Crippen molar-refractivity contribution in [3.63, 3.8) is 0 Å². The van der Waals surface area contributed by atoms with Gasteiger partial charge < -0.3 is 4.74 Å². The number of methoxy groups -OCH3 is 1. The summed E-state index contributed by atoms with van der Waals surface area (Å²) in [5.41, 5.74) is 4.79. The SMILES string of the molecule is COC(=O)CCc1n(Cc2ccc3ccccc3c2)c2ccccc2[n+]1Cc1ccc2ccccc2c1. The maximum Gasteiger partial charge on any atom is 0.306 e. The Morgan fingerprint density at radius 1 is 0.730 bits per heavy atom. The first-order valence-corrected chi connectivity index (χ1v) is 12.7. The maximum atomic E-state index is 12.2. The molecule has 4 heteroatoms. The number of ether oxygens (including phenoxy) is 1. The number of imidazole rings is 1. The number of carbonyl (C=O) groups is 1. The molecular weight excluding hydrogens is 456 g/mol. The van der Waals surface area contributed by atoms with Crippen molar-refractivity contribution in [1.82, 2.24) is 4.57 Å². The average Bonchev–Trinajstić information content (AvgIpc) is 3.23. The molecule has 0 radical (unpaired) electrons. The third-order valence-electron chi connectivity index (χ3n) is 7.18. The van der Waals surface area contributed by atoms with Crippen LogP contribution >= 0.6 is 0 Å². The normalized spacial score (nSPS) is 11.4. The van der Waals surface area contributed by atoms with Crippen LogP contribution in [0.4, 0.5) is 0 Å². The van der Waals surface area contributed by atoms with Crippen molar-refractivity contribution in [2.75, 3.05) is 7.11 Å². The first-order chi connectivity index (χ1) is 18.2. The highest BCUT2D eigenvalue weighted by atomic mass is 16.5. The van der Waals surface area contributed by atoms with E-state index in [2.05, 4.69) is 118 Å². The van der Waals surface area contributed by atoms with Crippen LogP contribution in [0.3, 0.4) is 0 Å². The fourth-order valence-corrected chi connectivity index (χ4v) is 5.32. The molecule has 0 aliphatic rings. The molecule has 4 nitrogen and oxygen atoms in total. The predicted molar refractivity (Wildman–Crippen MR) is 149 cm³/mol. The largest absolute Gasteiger partial charge is 0.469 e. The third kappa shape index (κ3) is 4.58. The van der Waals surface area contributed by atoms with Crippen molar-refractivity contribution in [2.24, 2.45) is 0 Å². The number of nitrogens with zero attached hydrogens (tertiary/aromatic N) is 2. The maximum absolute atomic E-state index is 12.2. The molecule has 0 atom stereocenters. The highest BCUT2D eigenvalue weighted by Gasteiger charge is 2.26. The van der Waals surface area contributed by atoms with Gasteiger partial charge in [-0.05, 0) is 56.9 Å². The highest BCUT2D eigenvalue weighted by Crippen LogP contribution is 2.22. The average molecular weight is 486 g/mol. The standard InChI is InChI=1S/C33H29N2O2/c1-37-33(36)19-18-32-34(22-24-14-16-26-8-2-4-10-28(26)20-24)30-12-6-7-13-31(30)35(32)23-25-15-17-27-9-3-5-11-29(27)21-25/h2-17,20-21H,18-19,22-23H2,1H3/q+1. The van der Waals surface area contributed by atoms with Crippen LogP contribution in [0.1, 0.15) is 23.4 Å². The zero-order chi connectivity index (χ0) is 25.2. The lowest BCUT2D eigenvalue weighted by Gasteiger charge is -2.08. The van der Waals surface area contributed by atoms with Gasteiger partial charge in [0.2, 0.25) is 0 Å². The van der Waals surface area contributed by atoms with Gasteiger partial charge in [0.15, 0.2) is 11.0 Å². The highest BCUT2D eigenvalue weighted by molar-refractivity contribution is 5.84. The molecule has 0 fully saturated rings. The number of hydrogen-bond donors (Lipinski definition) is 0. The van der Waals surface area contributed by atoms with Crippen LogP contribution in [-0.4, -0.2) is 17.6 Å². The number of rotatable bonds is 7. The summed E-state index contributed by atoms with van der Waals surface area (Å²) in [7, 11) is 1.45. The minimum atomic E-state index is -0.195. The van der Waals surface area contributed by atoms with Crippen molar-refractivity contribution >= 4 is 38.5 Å². The zero-order valence-corrected chi connectivity index (χ0v) is 20.9. The molecule has 1 aromatic heterocycles. The van der Waals surface area contributed by atoms with E-state index in [1.165, 1.54) is 39.8 Å². The molecule has 0 bridgehead atoms. The van der Waals surface area contributed by atoms with E-state index in [9.17, 15) is 4.79 Å². The van der Waals surface area contributed by atoms with Crippen LogP contribution in [0.5, 0.6) is 0 Å². The summed E-state index contributed by atoms with van der Waals surface area (Å²) >= 11 is 0. The number of aromatic nitrogens is 2. The lowest BCUT2D eigenvalue weighted by molar-refractivity contribution is -0.671. The second kappa shape index (κ2) is 9.90. The van der Waals surface area contributed by atoms with Gasteiger partial charge in [0.05, 0.1) is 20.0 Å². The Labute approximate surface area is 216 Å². The molecule has 5 aromatic carbocycles. The quantitative estimate of drug-likeness (QED) is 0.193. The van der Waals surface area contributed by atoms with Crippen molar-refractivity contribution in [3.8, 4) is 0 Å². The molecule has 182 valence electrons. The van der Waals surface area contributed by atoms with Gasteiger partial charge in [0.1, 0.15) is 13.1 Å². The Kier molecular flexibility index (Phi) is 6.15. The number of para-hydroxylation sites is 2. The van der Waals surface area contributed by atoms with Crippen LogP contribution in [0.25, 0.3) is 32.6 Å². The lowest BCUT2D eigenvalue weighted by Crippen LogP contribution is -2.39. The van der Waals surface area contributed by atoms with Crippen molar-refractivity contribution in [2.45, 2.75) is 25.9 Å². The molecule has 6 rings (SSSR count). The molecule has 0 unspecified atom stereocenters. The minimum absolute atomic E-state index is 0.195. The van der Waals surface area contributed by atoms with E-state index < -0.39 is 0 Å². The second-order valence-electron chi connectivity index (χ2n) is 9.52. The van der Waals surface area contributed by atoms with Crippen LogP contribution in [0, 0.1) is 0 Å². The van der Waals surface area contributed by atoms with E-state index in [0.717, 1.165) is 29.9 Å². The molecule has 6 aromatic rings. The monoisotopic (exact) mass is 485 g/mol. The van der Waals surface area contributed by atoms with E-state index >= 15 is 0 Å². The summed E-state index contributed by atoms with van der Waals surface area (Å²) < 4.78 is 9.73. The lowest BCUT2D eigenvalue weighted by atomic mass is 10.1. The molecule has 0 saturated heterocycles. The summed E-state index contributed by atoms with van der Waals surface area (Å²) in [5, 5.41) is 4.94. The summed E-state index contributed by atoms with van der Waals surface area (Å²) in [6.07, 6.45) is 0.935. The van der Waals surface area contributed by atoms with Crippen LogP contribution in [0.2, 0.25) is 0 Å². The van der Waals surface area contributed by atoms with Crippen LogP contribution in [0.15, 0.2) is 109 Å². The number of benzene rings is 5. The summed E-state index contributed by atoms with van der Waals surface area (Å²) in [6, 6.07) is 38.7. The van der Waals surface area contributed by atoms with Crippen LogP contribution < -0.4 is 4.57 Å². The molecule has 0 N–H and O–H groups in total. The Morgan fingerprint density at radius 2 is 1.32 bits per heavy atom. The summed E-state index contributed by atoms with van der Waals surface area (Å²) in [6.45, 7) is 1.46. The van der Waals surface area contributed by atoms with Gasteiger partial charge in [-0.25, -0.2) is 9.13 Å². The zero-order valence-electron chi connectivity index (χ0n) is 20.9. The Balaban J connectivity index is 1.47. The first-order valence-electron chi connectivity index (χ1n) is 12.7. The van der Waals surface area contributed by atoms with E-state index in [1.807, 2.05) is 0 Å². The van der Waals surface area contributed by atoms with E-state index in [-0.39, 0.29) is 5.97 Å². The van der Waals surface area contributed by atoms with Gasteiger partial charge in [-0.1, -0.05) is 84.9 Å². The van der Waals surface area contributed by atoms with Gasteiger partial charge in [-0.3, -0.25) is 4.79 Å². The predicted octanol–water partition coefficient (Wildman–Crippen LogP) is 6.44. The first kappa shape index (κ1) is 23.0. The van der Waals surface area contributed by atoms with Gasteiger partial charge in [-0.15, -0.1) is 0 Å². The molecule has 0 saturated carbocycles. The number of carbonyl (C=O) groups excluding carboxylic acids is 1. The fourth-order valence-electron chi connectivity index (χ4n) is 5.32. The topological polar surface area (TPSA) is 35.1 Å². The molecule has 0 amide bonds. The van der Waals surface area contributed by atoms with Gasteiger partial charge in [0.25, 0.3) is 5.82 Å². The smallest absolute Gasteiger partial charge is 0.306 e. The molecule has 37 heavy (non-hydrogen) atoms. The summed E-state index contributed by atoms with van der Waals surface area (Å²) in [5.74, 6) is 0.924. The van der Waals surface area contributed by atoms with E-state index in [1.54, 1.807) is 0 Å². The Bertz CT molecular complexity index is 1630. The second-order valence-corrected chi connectivity index (χ2v) is 9.52. The number of esters is 1. The summed E-state index contributed by atoms with van der Waals surface area (Å²) in [4.78, 5) is 12.2. The van der Waals surface area contributed by atoms with Gasteiger partial charge in [-0.2, -0.15) is 0 Å². The molecule has 0 aliphatic carbocycles. The fraction of sp³-hybridized carbons (Fsp3) is 0.152. The van der Waals surface area contributed by atoms with E-state index in [4.69, 9.17) is 4.74 Å². The minimum Gasteiger partial charge on any atom is -0.469 e. The number of fused-ring (bicyclic) bond motifs is 3. The molecular formula is C33H29N2O2+.